The van der Waals surface area contributed by atoms with Crippen molar-refractivity contribution < 1.29 is 4.79 Å². The predicted molar refractivity (Wildman–Crippen MR) is 69.3 cm³/mol. The van der Waals surface area contributed by atoms with Crippen molar-refractivity contribution in [3.8, 4) is 0 Å². The number of nitrogens with zero attached hydrogens (tertiary/aromatic N) is 2. The fraction of sp³-hybridized carbons (Fsp3) is 0.667. The van der Waals surface area contributed by atoms with E-state index in [4.69, 9.17) is 11.6 Å². The number of alkyl halides is 1. The molecule has 0 saturated carbocycles. The summed E-state index contributed by atoms with van der Waals surface area (Å²) < 4.78 is 1.97. The number of rotatable bonds is 7. The summed E-state index contributed by atoms with van der Waals surface area (Å²) in [5, 5.41) is 7.24. The SMILES string of the molecule is Cc1cc(C)n(CCCNC(=O)CCCCl)n1. The van der Waals surface area contributed by atoms with Gasteiger partial charge in [-0.3, -0.25) is 9.48 Å². The fourth-order valence-electron chi connectivity index (χ4n) is 1.67. The average molecular weight is 258 g/mol. The monoisotopic (exact) mass is 257 g/mol. The van der Waals surface area contributed by atoms with E-state index in [9.17, 15) is 4.79 Å². The van der Waals surface area contributed by atoms with E-state index in [1.165, 1.54) is 0 Å². The quantitative estimate of drug-likeness (QED) is 0.600. The van der Waals surface area contributed by atoms with E-state index in [0.29, 0.717) is 18.8 Å². The zero-order valence-electron chi connectivity index (χ0n) is 10.5. The summed E-state index contributed by atoms with van der Waals surface area (Å²) in [5.41, 5.74) is 2.20. The summed E-state index contributed by atoms with van der Waals surface area (Å²) in [7, 11) is 0. The molecular formula is C12H20ClN3O. The lowest BCUT2D eigenvalue weighted by atomic mass is 10.3. The number of carbonyl (C=O) groups is 1. The third-order valence-electron chi connectivity index (χ3n) is 2.51. The Bertz CT molecular complexity index is 363. The summed E-state index contributed by atoms with van der Waals surface area (Å²) in [6.45, 7) is 5.56. The van der Waals surface area contributed by atoms with Crippen LogP contribution in [0.4, 0.5) is 0 Å². The first-order valence-electron chi connectivity index (χ1n) is 5.97. The molecule has 4 nitrogen and oxygen atoms in total. The molecule has 0 spiro atoms. The highest BCUT2D eigenvalue weighted by Crippen LogP contribution is 2.02. The highest BCUT2D eigenvalue weighted by molar-refractivity contribution is 6.17. The van der Waals surface area contributed by atoms with Crippen molar-refractivity contribution in [3.05, 3.63) is 17.5 Å². The second kappa shape index (κ2) is 7.33. The van der Waals surface area contributed by atoms with Crippen molar-refractivity contribution in [1.29, 1.82) is 0 Å². The third kappa shape index (κ3) is 5.22. The van der Waals surface area contributed by atoms with Gasteiger partial charge in [-0.05, 0) is 32.8 Å². The zero-order valence-corrected chi connectivity index (χ0v) is 11.3. The van der Waals surface area contributed by atoms with Crippen LogP contribution in [-0.2, 0) is 11.3 Å². The van der Waals surface area contributed by atoms with Crippen LogP contribution in [0.2, 0.25) is 0 Å². The number of hydrogen-bond acceptors (Lipinski definition) is 2. The van der Waals surface area contributed by atoms with Crippen LogP contribution in [0.1, 0.15) is 30.7 Å². The van der Waals surface area contributed by atoms with Crippen LogP contribution in [0.25, 0.3) is 0 Å². The van der Waals surface area contributed by atoms with E-state index in [-0.39, 0.29) is 5.91 Å². The number of nitrogens with one attached hydrogen (secondary N) is 1. The van der Waals surface area contributed by atoms with Gasteiger partial charge in [-0.1, -0.05) is 0 Å². The molecule has 0 aliphatic rings. The molecule has 0 aliphatic heterocycles. The molecule has 1 aromatic heterocycles. The number of aryl methyl sites for hydroxylation is 3. The Labute approximate surface area is 107 Å². The maximum absolute atomic E-state index is 11.3. The lowest BCUT2D eigenvalue weighted by molar-refractivity contribution is -0.121. The van der Waals surface area contributed by atoms with Crippen LogP contribution in [0, 0.1) is 13.8 Å². The number of amides is 1. The van der Waals surface area contributed by atoms with Gasteiger partial charge in [0.15, 0.2) is 0 Å². The maximum atomic E-state index is 11.3. The Kier molecular flexibility index (Phi) is 6.05. The molecule has 5 heteroatoms. The van der Waals surface area contributed by atoms with Crippen molar-refractivity contribution in [2.24, 2.45) is 0 Å². The predicted octanol–water partition coefficient (Wildman–Crippen LogP) is 2.03. The van der Waals surface area contributed by atoms with Crippen LogP contribution in [0.3, 0.4) is 0 Å². The minimum absolute atomic E-state index is 0.0824. The van der Waals surface area contributed by atoms with Gasteiger partial charge in [0.1, 0.15) is 0 Å². The largest absolute Gasteiger partial charge is 0.356 e. The lowest BCUT2D eigenvalue weighted by Gasteiger charge is -2.06. The molecule has 0 saturated heterocycles. The van der Waals surface area contributed by atoms with Crippen LogP contribution in [0.15, 0.2) is 6.07 Å². The first kappa shape index (κ1) is 14.0. The molecule has 0 aliphatic carbocycles. The van der Waals surface area contributed by atoms with E-state index in [2.05, 4.69) is 16.5 Å². The summed E-state index contributed by atoms with van der Waals surface area (Å²) in [5.74, 6) is 0.623. The van der Waals surface area contributed by atoms with Crippen molar-refractivity contribution in [3.63, 3.8) is 0 Å². The standard InChI is InChI=1S/C12H20ClN3O/c1-10-9-11(2)16(15-10)8-4-7-14-12(17)5-3-6-13/h9H,3-8H2,1-2H3,(H,14,17). The molecule has 1 N–H and O–H groups in total. The van der Waals surface area contributed by atoms with Gasteiger partial charge in [0.2, 0.25) is 5.91 Å². The first-order valence-corrected chi connectivity index (χ1v) is 6.50. The Morgan fingerprint density at radius 1 is 1.47 bits per heavy atom. The van der Waals surface area contributed by atoms with E-state index < -0.39 is 0 Å². The normalized spacial score (nSPS) is 10.5. The van der Waals surface area contributed by atoms with Crippen LogP contribution in [0.5, 0.6) is 0 Å². The van der Waals surface area contributed by atoms with E-state index >= 15 is 0 Å². The van der Waals surface area contributed by atoms with E-state index in [0.717, 1.165) is 30.8 Å². The molecule has 1 amide bonds. The third-order valence-corrected chi connectivity index (χ3v) is 2.78. The second-order valence-electron chi connectivity index (χ2n) is 4.15. The molecule has 0 aromatic carbocycles. The van der Waals surface area contributed by atoms with Crippen LogP contribution in [-0.4, -0.2) is 28.1 Å². The smallest absolute Gasteiger partial charge is 0.220 e. The van der Waals surface area contributed by atoms with E-state index in [1.807, 2.05) is 18.5 Å². The number of carbonyl (C=O) groups excluding carboxylic acids is 1. The van der Waals surface area contributed by atoms with Crippen molar-refractivity contribution in [1.82, 2.24) is 15.1 Å². The summed E-state index contributed by atoms with van der Waals surface area (Å²) >= 11 is 5.52. The van der Waals surface area contributed by atoms with Gasteiger partial charge in [-0.25, -0.2) is 0 Å². The Morgan fingerprint density at radius 3 is 2.82 bits per heavy atom. The van der Waals surface area contributed by atoms with Gasteiger partial charge in [0.05, 0.1) is 5.69 Å². The van der Waals surface area contributed by atoms with Gasteiger partial charge in [-0.15, -0.1) is 11.6 Å². The van der Waals surface area contributed by atoms with Crippen molar-refractivity contribution in [2.75, 3.05) is 12.4 Å². The minimum atomic E-state index is 0.0824. The molecule has 0 fully saturated rings. The molecule has 0 radical (unpaired) electrons. The molecule has 0 atom stereocenters. The van der Waals surface area contributed by atoms with Crippen LogP contribution >= 0.6 is 11.6 Å². The maximum Gasteiger partial charge on any atom is 0.220 e. The number of halogens is 1. The average Bonchev–Trinajstić information content (AvgIpc) is 2.60. The molecule has 17 heavy (non-hydrogen) atoms. The Balaban J connectivity index is 2.16. The highest BCUT2D eigenvalue weighted by atomic mass is 35.5. The molecule has 1 heterocycles. The zero-order chi connectivity index (χ0) is 12.7. The molecule has 1 rings (SSSR count). The molecular weight excluding hydrogens is 238 g/mol. The van der Waals surface area contributed by atoms with Crippen LogP contribution < -0.4 is 5.32 Å². The minimum Gasteiger partial charge on any atom is -0.356 e. The highest BCUT2D eigenvalue weighted by Gasteiger charge is 2.02. The lowest BCUT2D eigenvalue weighted by Crippen LogP contribution is -2.25. The fourth-order valence-corrected chi connectivity index (χ4v) is 1.81. The number of hydrogen-bond donors (Lipinski definition) is 1. The summed E-state index contributed by atoms with van der Waals surface area (Å²) in [4.78, 5) is 11.3. The van der Waals surface area contributed by atoms with E-state index in [1.54, 1.807) is 0 Å². The van der Waals surface area contributed by atoms with Gasteiger partial charge in [0.25, 0.3) is 0 Å². The van der Waals surface area contributed by atoms with Crippen molar-refractivity contribution >= 4 is 17.5 Å². The molecule has 1 aromatic rings. The summed E-state index contributed by atoms with van der Waals surface area (Å²) in [6, 6.07) is 2.05. The molecule has 0 bridgehead atoms. The van der Waals surface area contributed by atoms with Gasteiger partial charge in [0, 0.05) is 31.1 Å². The first-order chi connectivity index (χ1) is 8.13. The van der Waals surface area contributed by atoms with Gasteiger partial charge < -0.3 is 5.32 Å². The molecule has 0 unspecified atom stereocenters. The topological polar surface area (TPSA) is 46.9 Å². The Morgan fingerprint density at radius 2 is 2.24 bits per heavy atom. The van der Waals surface area contributed by atoms with Gasteiger partial charge >= 0.3 is 0 Å². The molecule has 96 valence electrons. The number of aromatic nitrogens is 2. The summed E-state index contributed by atoms with van der Waals surface area (Å²) in [6.07, 6.45) is 2.16. The van der Waals surface area contributed by atoms with Gasteiger partial charge in [-0.2, -0.15) is 5.10 Å². The van der Waals surface area contributed by atoms with Crippen molar-refractivity contribution in [2.45, 2.75) is 39.7 Å². The Hall–Kier alpha value is -1.03. The second-order valence-corrected chi connectivity index (χ2v) is 4.52.